The number of rotatable bonds is 3. The maximum absolute atomic E-state index is 12.5. The number of carbonyl (C=O) groups excluding carboxylic acids is 1. The summed E-state index contributed by atoms with van der Waals surface area (Å²) in [6.07, 6.45) is 0. The second-order valence-corrected chi connectivity index (χ2v) is 4.52. The van der Waals surface area contributed by atoms with Crippen LogP contribution in [0.2, 0.25) is 0 Å². The summed E-state index contributed by atoms with van der Waals surface area (Å²) in [5, 5.41) is 9.13. The normalized spacial score (nSPS) is 10.7. The van der Waals surface area contributed by atoms with Crippen LogP contribution in [0, 0.1) is 0 Å². The molecule has 6 heteroatoms. The van der Waals surface area contributed by atoms with Gasteiger partial charge in [-0.1, -0.05) is 18.2 Å². The molecule has 0 aliphatic carbocycles. The molecule has 0 saturated heterocycles. The van der Waals surface area contributed by atoms with Gasteiger partial charge in [0.1, 0.15) is 0 Å². The molecular weight excluding hydrogens is 272 g/mol. The van der Waals surface area contributed by atoms with Crippen LogP contribution in [0.1, 0.15) is 26.3 Å². The van der Waals surface area contributed by atoms with E-state index in [0.29, 0.717) is 16.6 Å². The van der Waals surface area contributed by atoms with E-state index in [1.807, 2.05) is 0 Å². The molecule has 3 rings (SSSR count). The Hall–Kier alpha value is -3.15. The first kappa shape index (κ1) is 12.9. The first-order valence-electron chi connectivity index (χ1n) is 6.15. The maximum atomic E-state index is 12.5. The summed E-state index contributed by atoms with van der Waals surface area (Å²) < 4.78 is 0. The third-order valence-electron chi connectivity index (χ3n) is 3.18. The Morgan fingerprint density at radius 1 is 0.905 bits per heavy atom. The second kappa shape index (κ2) is 4.75. The molecule has 0 bridgehead atoms. The van der Waals surface area contributed by atoms with Crippen LogP contribution < -0.4 is 5.69 Å². The van der Waals surface area contributed by atoms with E-state index in [0.717, 1.165) is 0 Å². The average Bonchev–Trinajstić information content (AvgIpc) is 2.85. The predicted molar refractivity (Wildman–Crippen MR) is 75.8 cm³/mol. The maximum Gasteiger partial charge on any atom is 0.336 e. The minimum atomic E-state index is -1.16. The number of fused-ring (bicyclic) bond motifs is 1. The molecule has 1 aromatic heterocycles. The molecular formula is C15H10N2O4. The quantitative estimate of drug-likeness (QED) is 0.637. The van der Waals surface area contributed by atoms with Crippen LogP contribution in [0.4, 0.5) is 0 Å². The number of carboxylic acids is 1. The van der Waals surface area contributed by atoms with Gasteiger partial charge in [-0.3, -0.25) is 4.79 Å². The van der Waals surface area contributed by atoms with E-state index >= 15 is 0 Å². The van der Waals surface area contributed by atoms with Crippen molar-refractivity contribution in [3.05, 3.63) is 69.6 Å². The summed E-state index contributed by atoms with van der Waals surface area (Å²) in [6.45, 7) is 0. The summed E-state index contributed by atoms with van der Waals surface area (Å²) in [5.41, 5.74) is 1.10. The fourth-order valence-electron chi connectivity index (χ4n) is 2.20. The highest BCUT2D eigenvalue weighted by atomic mass is 16.4. The third-order valence-corrected chi connectivity index (χ3v) is 3.18. The van der Waals surface area contributed by atoms with Crippen molar-refractivity contribution in [1.29, 1.82) is 0 Å². The van der Waals surface area contributed by atoms with Gasteiger partial charge in [-0.15, -0.1) is 0 Å². The van der Waals surface area contributed by atoms with Gasteiger partial charge < -0.3 is 15.1 Å². The van der Waals surface area contributed by atoms with Crippen molar-refractivity contribution in [3.63, 3.8) is 0 Å². The number of imidazole rings is 1. The molecule has 0 saturated carbocycles. The Labute approximate surface area is 118 Å². The summed E-state index contributed by atoms with van der Waals surface area (Å²) in [6, 6.07) is 10.7. The van der Waals surface area contributed by atoms with Crippen LogP contribution in [0.15, 0.2) is 47.3 Å². The lowest BCUT2D eigenvalue weighted by Crippen LogP contribution is -2.09. The van der Waals surface area contributed by atoms with Crippen LogP contribution in [0.3, 0.4) is 0 Å². The van der Waals surface area contributed by atoms with Gasteiger partial charge in [-0.2, -0.15) is 0 Å². The van der Waals surface area contributed by atoms with Gasteiger partial charge in [0.15, 0.2) is 5.78 Å². The van der Waals surface area contributed by atoms with Gasteiger partial charge in [0.2, 0.25) is 0 Å². The van der Waals surface area contributed by atoms with E-state index in [4.69, 9.17) is 5.11 Å². The molecule has 2 aromatic carbocycles. The minimum absolute atomic E-state index is 0.0508. The Kier molecular flexibility index (Phi) is 2.91. The third kappa shape index (κ3) is 2.23. The van der Waals surface area contributed by atoms with Crippen LogP contribution in [0.25, 0.3) is 11.0 Å². The highest BCUT2D eigenvalue weighted by Gasteiger charge is 2.17. The average molecular weight is 282 g/mol. The number of aromatic nitrogens is 2. The van der Waals surface area contributed by atoms with Gasteiger partial charge in [-0.25, -0.2) is 9.59 Å². The lowest BCUT2D eigenvalue weighted by atomic mass is 9.98. The number of carboxylic acid groups (broad SMARTS) is 1. The van der Waals surface area contributed by atoms with E-state index in [1.54, 1.807) is 24.3 Å². The van der Waals surface area contributed by atoms with Gasteiger partial charge in [0.05, 0.1) is 16.6 Å². The van der Waals surface area contributed by atoms with E-state index in [9.17, 15) is 14.4 Å². The summed E-state index contributed by atoms with van der Waals surface area (Å²) in [7, 11) is 0. The largest absolute Gasteiger partial charge is 0.478 e. The van der Waals surface area contributed by atoms with E-state index in [1.165, 1.54) is 18.2 Å². The molecule has 0 aliphatic rings. The first-order chi connectivity index (χ1) is 10.1. The number of carbonyl (C=O) groups is 2. The van der Waals surface area contributed by atoms with Crippen molar-refractivity contribution in [1.82, 2.24) is 9.97 Å². The van der Waals surface area contributed by atoms with Gasteiger partial charge >= 0.3 is 11.7 Å². The zero-order valence-electron chi connectivity index (χ0n) is 10.7. The Morgan fingerprint density at radius 3 is 2.29 bits per heavy atom. The fraction of sp³-hybridized carbons (Fsp3) is 0. The van der Waals surface area contributed by atoms with E-state index < -0.39 is 11.8 Å². The molecule has 104 valence electrons. The molecule has 0 unspecified atom stereocenters. The first-order valence-corrected chi connectivity index (χ1v) is 6.15. The number of hydrogen-bond acceptors (Lipinski definition) is 3. The Balaban J connectivity index is 2.12. The second-order valence-electron chi connectivity index (χ2n) is 4.52. The number of hydrogen-bond donors (Lipinski definition) is 3. The van der Waals surface area contributed by atoms with Crippen molar-refractivity contribution >= 4 is 22.8 Å². The monoisotopic (exact) mass is 282 g/mol. The lowest BCUT2D eigenvalue weighted by Gasteiger charge is -2.05. The van der Waals surface area contributed by atoms with Crippen LogP contribution >= 0.6 is 0 Å². The summed E-state index contributed by atoms with van der Waals surface area (Å²) in [4.78, 5) is 40.0. The molecule has 0 fully saturated rings. The number of nitrogens with one attached hydrogen (secondary N) is 2. The van der Waals surface area contributed by atoms with Gasteiger partial charge in [0.25, 0.3) is 0 Å². The highest BCUT2D eigenvalue weighted by molar-refractivity contribution is 6.15. The van der Waals surface area contributed by atoms with Crippen LogP contribution in [0.5, 0.6) is 0 Å². The zero-order valence-corrected chi connectivity index (χ0v) is 10.7. The molecule has 0 spiro atoms. The lowest BCUT2D eigenvalue weighted by molar-refractivity contribution is 0.0693. The Morgan fingerprint density at radius 2 is 1.57 bits per heavy atom. The SMILES string of the molecule is O=C(O)c1ccccc1C(=O)c1ccc2[nH]c(=O)[nH]c2c1. The molecule has 0 aliphatic heterocycles. The van der Waals surface area contributed by atoms with Crippen LogP contribution in [-0.2, 0) is 0 Å². The van der Waals surface area contributed by atoms with Gasteiger partial charge in [0, 0.05) is 11.1 Å². The van der Waals surface area contributed by atoms with E-state index in [-0.39, 0.29) is 16.8 Å². The molecule has 0 amide bonds. The number of aromatic amines is 2. The zero-order chi connectivity index (χ0) is 15.0. The smallest absolute Gasteiger partial charge is 0.336 e. The van der Waals surface area contributed by atoms with Crippen molar-refractivity contribution in [2.45, 2.75) is 0 Å². The Bertz CT molecular complexity index is 921. The number of aromatic carboxylic acids is 1. The molecule has 6 nitrogen and oxygen atoms in total. The van der Waals surface area contributed by atoms with Crippen molar-refractivity contribution < 1.29 is 14.7 Å². The fourth-order valence-corrected chi connectivity index (χ4v) is 2.20. The standard InChI is InChI=1S/C15H10N2O4/c18-13(9-3-1-2-4-10(9)14(19)20)8-5-6-11-12(7-8)17-15(21)16-11/h1-7H,(H,19,20)(H2,16,17,21). The van der Waals surface area contributed by atoms with Gasteiger partial charge in [-0.05, 0) is 24.3 Å². The topological polar surface area (TPSA) is 103 Å². The number of ketones is 1. The minimum Gasteiger partial charge on any atom is -0.478 e. The number of H-pyrrole nitrogens is 2. The van der Waals surface area contributed by atoms with Crippen molar-refractivity contribution in [3.8, 4) is 0 Å². The predicted octanol–water partition coefficient (Wildman–Crippen LogP) is 1.79. The molecule has 1 heterocycles. The van der Waals surface area contributed by atoms with Crippen molar-refractivity contribution in [2.75, 3.05) is 0 Å². The molecule has 0 radical (unpaired) electrons. The molecule has 3 aromatic rings. The van der Waals surface area contributed by atoms with E-state index in [2.05, 4.69) is 9.97 Å². The molecule has 21 heavy (non-hydrogen) atoms. The van der Waals surface area contributed by atoms with Crippen LogP contribution in [-0.4, -0.2) is 26.8 Å². The summed E-state index contributed by atoms with van der Waals surface area (Å²) >= 11 is 0. The summed E-state index contributed by atoms with van der Waals surface area (Å²) in [5.74, 6) is -1.56. The number of benzene rings is 2. The highest BCUT2D eigenvalue weighted by Crippen LogP contribution is 2.17. The molecule has 0 atom stereocenters. The molecule has 3 N–H and O–H groups in total. The van der Waals surface area contributed by atoms with Crippen molar-refractivity contribution in [2.24, 2.45) is 0 Å².